The molecule has 0 aliphatic carbocycles. The third kappa shape index (κ3) is 6.61. The number of nitrogens with two attached hydrogens (primary N) is 1. The fraction of sp³-hybridized carbons (Fsp3) is 0.306. The van der Waals surface area contributed by atoms with Crippen LogP contribution in [0.25, 0.3) is 49.9 Å². The van der Waals surface area contributed by atoms with Gasteiger partial charge in [0.25, 0.3) is 0 Å². The Labute approximate surface area is 325 Å². The van der Waals surface area contributed by atoms with Crippen molar-refractivity contribution in [3.8, 4) is 34.4 Å². The highest BCUT2D eigenvalue weighted by Gasteiger charge is 2.27. The van der Waals surface area contributed by atoms with Gasteiger partial charge in [-0.1, -0.05) is 41.5 Å². The van der Waals surface area contributed by atoms with Gasteiger partial charge in [0.05, 0.1) is 17.2 Å². The van der Waals surface area contributed by atoms with E-state index in [4.69, 9.17) is 5.73 Å². The first kappa shape index (κ1) is 37.6. The molecule has 0 radical (unpaired) electrons. The van der Waals surface area contributed by atoms with Gasteiger partial charge >= 0.3 is 0 Å². The predicted octanol–water partition coefficient (Wildman–Crippen LogP) is 10.9. The number of hydrogen-bond donors (Lipinski definition) is 4. The fourth-order valence-corrected chi connectivity index (χ4v) is 9.57. The fourth-order valence-electron chi connectivity index (χ4n) is 9.57. The van der Waals surface area contributed by atoms with Crippen LogP contribution in [-0.2, 0) is 6.42 Å². The van der Waals surface area contributed by atoms with Crippen molar-refractivity contribution >= 4 is 33.3 Å². The summed E-state index contributed by atoms with van der Waals surface area (Å²) in [7, 11) is 0. The van der Waals surface area contributed by atoms with Crippen LogP contribution in [0, 0.1) is 64.2 Å². The summed E-state index contributed by atoms with van der Waals surface area (Å²) in [5, 5.41) is 44.0. The van der Waals surface area contributed by atoms with E-state index in [0.29, 0.717) is 17.2 Å². The molecule has 6 nitrogen and oxygen atoms in total. The molecule has 2 heterocycles. The lowest BCUT2D eigenvalue weighted by Crippen LogP contribution is -2.39. The van der Waals surface area contributed by atoms with Crippen molar-refractivity contribution in [1.29, 1.82) is 10.5 Å². The van der Waals surface area contributed by atoms with Crippen LogP contribution in [0.5, 0.6) is 0 Å². The minimum Gasteiger partial charge on any atom is -0.508 e. The summed E-state index contributed by atoms with van der Waals surface area (Å²) in [6.45, 7) is 19.9. The number of anilines is 1. The average molecular weight is 726 g/mol. The van der Waals surface area contributed by atoms with Crippen LogP contribution in [0.4, 0.5) is 5.69 Å². The molecule has 0 spiro atoms. The molecule has 0 amide bonds. The number of nitriles is 2. The molecule has 2 unspecified atom stereocenters. The van der Waals surface area contributed by atoms with Crippen molar-refractivity contribution in [2.45, 2.75) is 93.3 Å². The van der Waals surface area contributed by atoms with E-state index in [1.165, 1.54) is 27.8 Å². The monoisotopic (exact) mass is 725 g/mol. The Balaban J connectivity index is 1.57. The van der Waals surface area contributed by atoms with E-state index in [0.717, 1.165) is 96.7 Å². The second kappa shape index (κ2) is 14.5. The third-order valence-electron chi connectivity index (χ3n) is 11.8. The predicted molar refractivity (Wildman–Crippen MR) is 229 cm³/mol. The Morgan fingerprint density at radius 3 is 2.18 bits per heavy atom. The minimum absolute atomic E-state index is 0.0439. The quantitative estimate of drug-likeness (QED) is 0.0620. The van der Waals surface area contributed by atoms with Crippen LogP contribution >= 0.6 is 0 Å². The number of fused-ring (bicyclic) bond motifs is 3. The van der Waals surface area contributed by atoms with E-state index in [1.54, 1.807) is 6.08 Å². The molecule has 0 bridgehead atoms. The zero-order chi connectivity index (χ0) is 39.5. The van der Waals surface area contributed by atoms with Crippen molar-refractivity contribution < 1.29 is 5.11 Å². The third-order valence-corrected chi connectivity index (χ3v) is 11.8. The summed E-state index contributed by atoms with van der Waals surface area (Å²) >= 11 is 0. The first-order valence-electron chi connectivity index (χ1n) is 19.4. The Kier molecular flexibility index (Phi) is 9.95. The largest absolute Gasteiger partial charge is 0.508 e. The number of hydrogen-bond acceptors (Lipinski definition) is 6. The number of rotatable bonds is 5. The summed E-state index contributed by atoms with van der Waals surface area (Å²) in [6.07, 6.45) is 7.13. The number of aliphatic hydroxyl groups is 1. The molecule has 6 heteroatoms. The van der Waals surface area contributed by atoms with Crippen LogP contribution in [0.2, 0.25) is 0 Å². The number of aryl methyl sites for hydroxylation is 6. The van der Waals surface area contributed by atoms with E-state index in [9.17, 15) is 15.6 Å². The molecule has 0 aromatic heterocycles. The molecule has 7 rings (SSSR count). The van der Waals surface area contributed by atoms with Crippen LogP contribution in [-0.4, -0.2) is 23.7 Å². The standard InChI is InChI=1S/C49H51N5O/c1-25-15-28(4)48-39(16-25)35(19-34(23-50)20-45(55)36-11-10-30(6)54-32(36)8)21-40(43(48)24-51)38-22-42(41-17-26(2)14-27(3)46(41)31(38)7)49-37-12-13-53-33(9)47(37)29(5)18-44(49)52/h11,14-22,30,32-33,53-55H,10,12-13,52H2,1-9H3/b34-19-,45-20+/t30-,32?,33?/m0/s1. The molecule has 0 fully saturated rings. The summed E-state index contributed by atoms with van der Waals surface area (Å²) in [5.41, 5.74) is 23.5. The number of aliphatic hydroxyl groups excluding tert-OH is 1. The zero-order valence-electron chi connectivity index (χ0n) is 33.5. The molecular weight excluding hydrogens is 675 g/mol. The van der Waals surface area contributed by atoms with Gasteiger partial charge in [0, 0.05) is 45.9 Å². The normalized spacial score (nSPS) is 18.9. The molecule has 0 saturated carbocycles. The van der Waals surface area contributed by atoms with Crippen LogP contribution in [0.1, 0.15) is 88.9 Å². The van der Waals surface area contributed by atoms with Crippen molar-refractivity contribution in [2.75, 3.05) is 12.3 Å². The van der Waals surface area contributed by atoms with Crippen molar-refractivity contribution in [3.05, 3.63) is 127 Å². The summed E-state index contributed by atoms with van der Waals surface area (Å²) in [4.78, 5) is 0. The summed E-state index contributed by atoms with van der Waals surface area (Å²) < 4.78 is 0. The molecule has 55 heavy (non-hydrogen) atoms. The highest BCUT2D eigenvalue weighted by atomic mass is 16.3. The van der Waals surface area contributed by atoms with E-state index in [1.807, 2.05) is 19.1 Å². The van der Waals surface area contributed by atoms with Crippen LogP contribution < -0.4 is 16.4 Å². The molecular formula is C49H51N5O. The maximum atomic E-state index is 11.3. The Bertz CT molecular complexity index is 2630. The first-order chi connectivity index (χ1) is 26.2. The van der Waals surface area contributed by atoms with Gasteiger partial charge in [-0.25, -0.2) is 0 Å². The van der Waals surface area contributed by atoms with Gasteiger partial charge in [0.2, 0.25) is 0 Å². The van der Waals surface area contributed by atoms with Gasteiger partial charge in [-0.15, -0.1) is 0 Å². The molecule has 5 N–H and O–H groups in total. The lowest BCUT2D eigenvalue weighted by Gasteiger charge is -2.30. The van der Waals surface area contributed by atoms with Gasteiger partial charge in [-0.2, -0.15) is 10.5 Å². The zero-order valence-corrected chi connectivity index (χ0v) is 33.5. The highest BCUT2D eigenvalue weighted by Crippen LogP contribution is 2.47. The number of allylic oxidation sites excluding steroid dienone is 2. The number of nitrogen functional groups attached to an aromatic ring is 1. The van der Waals surface area contributed by atoms with Crippen LogP contribution in [0.15, 0.2) is 71.5 Å². The lowest BCUT2D eigenvalue weighted by molar-refractivity contribution is 0.390. The molecule has 3 atom stereocenters. The van der Waals surface area contributed by atoms with E-state index < -0.39 is 0 Å². The minimum atomic E-state index is -0.0439. The molecule has 2 aliphatic heterocycles. The number of benzene rings is 5. The maximum Gasteiger partial charge on any atom is 0.121 e. The second-order valence-electron chi connectivity index (χ2n) is 16.0. The topological polar surface area (TPSA) is 118 Å². The van der Waals surface area contributed by atoms with Gasteiger partial charge < -0.3 is 21.5 Å². The average Bonchev–Trinajstić information content (AvgIpc) is 3.11. The molecule has 278 valence electrons. The van der Waals surface area contributed by atoms with Gasteiger partial charge in [-0.3, -0.25) is 0 Å². The SMILES string of the molecule is Cc1cc(C)c2c(C)c(-c3cc(/C=C(C#N)/C=C(/O)C4=CC[C@H](C)NC4C)c4cc(C)cc(C)c4c3C#N)cc(-c3c(N)cc(C)c4c3CCNC4C)c2c1. The Hall–Kier alpha value is -5.66. The van der Waals surface area contributed by atoms with Crippen molar-refractivity contribution in [2.24, 2.45) is 0 Å². The summed E-state index contributed by atoms with van der Waals surface area (Å²) in [5.74, 6) is 0.0783. The van der Waals surface area contributed by atoms with Gasteiger partial charge in [-0.05, 0) is 178 Å². The van der Waals surface area contributed by atoms with Gasteiger partial charge in [0.1, 0.15) is 11.8 Å². The maximum absolute atomic E-state index is 11.3. The Morgan fingerprint density at radius 2 is 1.51 bits per heavy atom. The molecule has 0 saturated heterocycles. The highest BCUT2D eigenvalue weighted by molar-refractivity contribution is 6.09. The number of nitrogens with zero attached hydrogens (tertiary/aromatic N) is 2. The first-order valence-corrected chi connectivity index (χ1v) is 19.4. The van der Waals surface area contributed by atoms with E-state index in [-0.39, 0.29) is 17.8 Å². The molecule has 5 aromatic carbocycles. The molecule has 2 aliphatic rings. The number of nitrogens with one attached hydrogen (secondary N) is 2. The lowest BCUT2D eigenvalue weighted by atomic mass is 9.79. The van der Waals surface area contributed by atoms with E-state index >= 15 is 0 Å². The Morgan fingerprint density at radius 1 is 0.818 bits per heavy atom. The van der Waals surface area contributed by atoms with Crippen LogP contribution in [0.3, 0.4) is 0 Å². The smallest absolute Gasteiger partial charge is 0.121 e. The van der Waals surface area contributed by atoms with E-state index in [2.05, 4.69) is 121 Å². The van der Waals surface area contributed by atoms with Crippen molar-refractivity contribution in [1.82, 2.24) is 10.6 Å². The summed E-state index contributed by atoms with van der Waals surface area (Å²) in [6, 6.07) is 20.6. The second-order valence-corrected chi connectivity index (χ2v) is 16.0. The van der Waals surface area contributed by atoms with Gasteiger partial charge in [0.15, 0.2) is 0 Å². The van der Waals surface area contributed by atoms with Crippen molar-refractivity contribution in [3.63, 3.8) is 0 Å². The molecule has 5 aromatic rings.